The third-order valence-electron chi connectivity index (χ3n) is 7.27. The van der Waals surface area contributed by atoms with Gasteiger partial charge < -0.3 is 25.2 Å². The minimum Gasteiger partial charge on any atom is -0.495 e. The zero-order chi connectivity index (χ0) is 24.8. The fourth-order valence-electron chi connectivity index (χ4n) is 4.99. The van der Waals surface area contributed by atoms with Gasteiger partial charge in [0.05, 0.1) is 18.4 Å². The molecule has 7 nitrogen and oxygen atoms in total. The lowest BCUT2D eigenvalue weighted by atomic mass is 10.1. The van der Waals surface area contributed by atoms with Crippen molar-refractivity contribution in [2.45, 2.75) is 52.0 Å². The zero-order valence-electron chi connectivity index (χ0n) is 21.2. The van der Waals surface area contributed by atoms with Crippen LogP contribution >= 0.6 is 0 Å². The second-order valence-electron chi connectivity index (χ2n) is 9.63. The number of carbonyl (C=O) groups is 2. The minimum atomic E-state index is -0.0986. The molecule has 0 spiro atoms. The number of amides is 2. The number of rotatable bonds is 8. The van der Waals surface area contributed by atoms with Gasteiger partial charge in [0.1, 0.15) is 5.75 Å². The van der Waals surface area contributed by atoms with Gasteiger partial charge in [0.15, 0.2) is 0 Å². The molecular formula is C28H38N4O3. The van der Waals surface area contributed by atoms with Crippen LogP contribution in [0.3, 0.4) is 0 Å². The Morgan fingerprint density at radius 1 is 1.00 bits per heavy atom. The Hall–Kier alpha value is -3.22. The zero-order valence-corrected chi connectivity index (χ0v) is 21.2. The average molecular weight is 479 g/mol. The molecule has 7 heteroatoms. The van der Waals surface area contributed by atoms with Crippen molar-refractivity contribution in [3.8, 4) is 5.75 Å². The molecular weight excluding hydrogens is 440 g/mol. The summed E-state index contributed by atoms with van der Waals surface area (Å²) in [5, 5.41) is 6.16. The van der Waals surface area contributed by atoms with Crippen molar-refractivity contribution in [3.05, 3.63) is 48.0 Å². The van der Waals surface area contributed by atoms with E-state index in [1.807, 2.05) is 43.3 Å². The highest BCUT2D eigenvalue weighted by atomic mass is 16.5. The van der Waals surface area contributed by atoms with Crippen molar-refractivity contribution >= 4 is 28.9 Å². The van der Waals surface area contributed by atoms with Gasteiger partial charge >= 0.3 is 0 Å². The molecule has 2 amide bonds. The Kier molecular flexibility index (Phi) is 8.16. The standard InChI is InChI=1S/C28H38N4O3/c1-4-20(2)29-28(34)23-19-22(30-27(33)21-9-5-6-10-21)13-14-24(23)31-15-17-32(18-16-31)25-11-7-8-12-26(25)35-3/h7-8,11-14,19-21H,4-6,9-10,15-18H2,1-3H3,(H,29,34)(H,30,33). The quantitative estimate of drug-likeness (QED) is 0.576. The van der Waals surface area contributed by atoms with E-state index in [-0.39, 0.29) is 23.8 Å². The van der Waals surface area contributed by atoms with Crippen molar-refractivity contribution in [2.24, 2.45) is 5.92 Å². The second-order valence-corrected chi connectivity index (χ2v) is 9.63. The number of anilines is 3. The predicted molar refractivity (Wildman–Crippen MR) is 142 cm³/mol. The van der Waals surface area contributed by atoms with Gasteiger partial charge in [-0.2, -0.15) is 0 Å². The summed E-state index contributed by atoms with van der Waals surface area (Å²) < 4.78 is 5.55. The van der Waals surface area contributed by atoms with E-state index >= 15 is 0 Å². The molecule has 2 aromatic carbocycles. The molecule has 4 rings (SSSR count). The Morgan fingerprint density at radius 3 is 2.31 bits per heavy atom. The number of piperazine rings is 1. The Morgan fingerprint density at radius 2 is 1.66 bits per heavy atom. The number of nitrogens with one attached hydrogen (secondary N) is 2. The first-order chi connectivity index (χ1) is 17.0. The molecule has 0 bridgehead atoms. The molecule has 1 atom stereocenters. The summed E-state index contributed by atoms with van der Waals surface area (Å²) in [5.74, 6) is 0.916. The predicted octanol–water partition coefficient (Wildman–Crippen LogP) is 4.68. The maximum absolute atomic E-state index is 13.3. The van der Waals surface area contributed by atoms with Crippen molar-refractivity contribution in [1.82, 2.24) is 5.32 Å². The smallest absolute Gasteiger partial charge is 0.253 e. The summed E-state index contributed by atoms with van der Waals surface area (Å²) in [6.45, 7) is 7.29. The van der Waals surface area contributed by atoms with Crippen LogP contribution in [0.15, 0.2) is 42.5 Å². The summed E-state index contributed by atoms with van der Waals surface area (Å²) in [5.41, 5.74) is 3.30. The van der Waals surface area contributed by atoms with E-state index in [1.165, 1.54) is 0 Å². The lowest BCUT2D eigenvalue weighted by molar-refractivity contribution is -0.119. The molecule has 1 aliphatic carbocycles. The number of para-hydroxylation sites is 2. The maximum Gasteiger partial charge on any atom is 0.253 e. The molecule has 188 valence electrons. The van der Waals surface area contributed by atoms with Crippen molar-refractivity contribution in [2.75, 3.05) is 48.4 Å². The van der Waals surface area contributed by atoms with E-state index in [2.05, 4.69) is 33.4 Å². The monoisotopic (exact) mass is 478 g/mol. The first-order valence-electron chi connectivity index (χ1n) is 12.9. The van der Waals surface area contributed by atoms with Crippen molar-refractivity contribution < 1.29 is 14.3 Å². The van der Waals surface area contributed by atoms with Crippen LogP contribution < -0.4 is 25.2 Å². The van der Waals surface area contributed by atoms with Gasteiger partial charge in [-0.3, -0.25) is 9.59 Å². The molecule has 2 aromatic rings. The Balaban J connectivity index is 1.52. The Labute approximate surface area is 208 Å². The van der Waals surface area contributed by atoms with Gasteiger partial charge in [0.25, 0.3) is 5.91 Å². The summed E-state index contributed by atoms with van der Waals surface area (Å²) in [6.07, 6.45) is 4.97. The molecule has 35 heavy (non-hydrogen) atoms. The summed E-state index contributed by atoms with van der Waals surface area (Å²) in [6, 6.07) is 13.9. The van der Waals surface area contributed by atoms with E-state index in [0.717, 1.165) is 75.4 Å². The van der Waals surface area contributed by atoms with Crippen LogP contribution in [0.4, 0.5) is 17.1 Å². The summed E-state index contributed by atoms with van der Waals surface area (Å²) in [7, 11) is 1.70. The molecule has 1 saturated heterocycles. The SMILES string of the molecule is CCC(C)NC(=O)c1cc(NC(=O)C2CCCC2)ccc1N1CCN(c2ccccc2OC)CC1. The van der Waals surface area contributed by atoms with Crippen molar-refractivity contribution in [1.29, 1.82) is 0 Å². The van der Waals surface area contributed by atoms with Crippen LogP contribution in [0.1, 0.15) is 56.3 Å². The van der Waals surface area contributed by atoms with Crippen LogP contribution in [0, 0.1) is 5.92 Å². The molecule has 1 aliphatic heterocycles. The first-order valence-corrected chi connectivity index (χ1v) is 12.9. The number of hydrogen-bond acceptors (Lipinski definition) is 5. The van der Waals surface area contributed by atoms with E-state index in [9.17, 15) is 9.59 Å². The molecule has 2 N–H and O–H groups in total. The maximum atomic E-state index is 13.3. The van der Waals surface area contributed by atoms with Gasteiger partial charge in [-0.15, -0.1) is 0 Å². The topological polar surface area (TPSA) is 73.9 Å². The fourth-order valence-corrected chi connectivity index (χ4v) is 4.99. The second kappa shape index (κ2) is 11.5. The third kappa shape index (κ3) is 5.89. The Bertz CT molecular complexity index is 1030. The summed E-state index contributed by atoms with van der Waals surface area (Å²) in [4.78, 5) is 30.5. The van der Waals surface area contributed by atoms with E-state index in [1.54, 1.807) is 7.11 Å². The number of carbonyl (C=O) groups excluding carboxylic acids is 2. The van der Waals surface area contributed by atoms with Crippen LogP contribution in [0.2, 0.25) is 0 Å². The molecule has 0 aromatic heterocycles. The van der Waals surface area contributed by atoms with Gasteiger partial charge in [-0.1, -0.05) is 31.9 Å². The van der Waals surface area contributed by atoms with Crippen LogP contribution in [0.5, 0.6) is 5.75 Å². The van der Waals surface area contributed by atoms with Crippen LogP contribution in [0.25, 0.3) is 0 Å². The molecule has 1 saturated carbocycles. The van der Waals surface area contributed by atoms with E-state index < -0.39 is 0 Å². The van der Waals surface area contributed by atoms with Gasteiger partial charge in [0.2, 0.25) is 5.91 Å². The number of ether oxygens (including phenoxy) is 1. The molecule has 1 heterocycles. The molecule has 0 radical (unpaired) electrons. The number of hydrogen-bond donors (Lipinski definition) is 2. The van der Waals surface area contributed by atoms with E-state index in [0.29, 0.717) is 11.3 Å². The summed E-state index contributed by atoms with van der Waals surface area (Å²) >= 11 is 0. The lowest BCUT2D eigenvalue weighted by Gasteiger charge is -2.38. The highest BCUT2D eigenvalue weighted by Crippen LogP contribution is 2.32. The molecule has 2 aliphatic rings. The number of benzene rings is 2. The van der Waals surface area contributed by atoms with Gasteiger partial charge in [-0.25, -0.2) is 0 Å². The largest absolute Gasteiger partial charge is 0.495 e. The molecule has 2 fully saturated rings. The number of nitrogens with zero attached hydrogens (tertiary/aromatic N) is 2. The third-order valence-corrected chi connectivity index (χ3v) is 7.27. The average Bonchev–Trinajstić information content (AvgIpc) is 3.44. The van der Waals surface area contributed by atoms with E-state index in [4.69, 9.17) is 4.74 Å². The molecule has 1 unspecified atom stereocenters. The fraction of sp³-hybridized carbons (Fsp3) is 0.500. The minimum absolute atomic E-state index is 0.0638. The van der Waals surface area contributed by atoms with Crippen molar-refractivity contribution in [3.63, 3.8) is 0 Å². The number of methoxy groups -OCH3 is 1. The van der Waals surface area contributed by atoms with Crippen LogP contribution in [-0.2, 0) is 4.79 Å². The highest BCUT2D eigenvalue weighted by Gasteiger charge is 2.26. The highest BCUT2D eigenvalue weighted by molar-refractivity contribution is 6.02. The van der Waals surface area contributed by atoms with Crippen LogP contribution in [-0.4, -0.2) is 51.1 Å². The first kappa shape index (κ1) is 24.9. The van der Waals surface area contributed by atoms with Gasteiger partial charge in [-0.05, 0) is 56.5 Å². The normalized spacial score (nSPS) is 17.2. The lowest BCUT2D eigenvalue weighted by Crippen LogP contribution is -2.47. The van der Waals surface area contributed by atoms with Gasteiger partial charge in [0, 0.05) is 49.5 Å².